The molecule has 0 N–H and O–H groups in total. The van der Waals surface area contributed by atoms with Crippen molar-refractivity contribution in [1.29, 1.82) is 0 Å². The van der Waals surface area contributed by atoms with E-state index < -0.39 is 0 Å². The molecule has 7 heteroatoms. The number of carbonyl (C=O) groups excluding carboxylic acids is 1. The van der Waals surface area contributed by atoms with Crippen LogP contribution in [-0.2, 0) is 6.42 Å². The summed E-state index contributed by atoms with van der Waals surface area (Å²) in [6.07, 6.45) is 6.75. The summed E-state index contributed by atoms with van der Waals surface area (Å²) in [6.45, 7) is 0.662. The Hall–Kier alpha value is -2.73. The van der Waals surface area contributed by atoms with E-state index in [1.165, 1.54) is 0 Å². The molecule has 4 rings (SSSR count). The molecule has 1 aromatic carbocycles. The maximum atomic E-state index is 12.9. The van der Waals surface area contributed by atoms with Crippen molar-refractivity contribution in [3.63, 3.8) is 0 Å². The fourth-order valence-corrected chi connectivity index (χ4v) is 3.48. The van der Waals surface area contributed by atoms with Gasteiger partial charge in [0.1, 0.15) is 11.8 Å². The second-order valence-corrected chi connectivity index (χ2v) is 7.02. The number of halogens is 1. The average Bonchev–Trinajstić information content (AvgIpc) is 3.18. The van der Waals surface area contributed by atoms with Crippen molar-refractivity contribution in [2.24, 2.45) is 0 Å². The molecule has 0 unspecified atom stereocenters. The molecule has 0 saturated carbocycles. The molecule has 1 aliphatic rings. The quantitative estimate of drug-likeness (QED) is 0.679. The summed E-state index contributed by atoms with van der Waals surface area (Å²) in [7, 11) is 0. The van der Waals surface area contributed by atoms with Gasteiger partial charge >= 0.3 is 0 Å². The van der Waals surface area contributed by atoms with Gasteiger partial charge in [-0.15, -0.1) is 5.10 Å². The van der Waals surface area contributed by atoms with Gasteiger partial charge < -0.3 is 9.32 Å². The highest BCUT2D eigenvalue weighted by atomic mass is 35.5. The number of nitrogens with zero attached hydrogens (tertiary/aromatic N) is 4. The summed E-state index contributed by atoms with van der Waals surface area (Å²) in [5.74, 6) is 1.21. The van der Waals surface area contributed by atoms with Gasteiger partial charge in [0.25, 0.3) is 5.91 Å². The third kappa shape index (κ3) is 4.01. The first-order valence-electron chi connectivity index (χ1n) is 8.98. The Morgan fingerprint density at radius 3 is 2.85 bits per heavy atom. The summed E-state index contributed by atoms with van der Waals surface area (Å²) < 4.78 is 6.00. The van der Waals surface area contributed by atoms with Crippen molar-refractivity contribution in [3.8, 4) is 0 Å². The number of likely N-dealkylation sites (tertiary alicyclic amines) is 1. The molecule has 1 aliphatic heterocycles. The van der Waals surface area contributed by atoms with Crippen LogP contribution in [0.3, 0.4) is 0 Å². The third-order valence-electron chi connectivity index (χ3n) is 4.70. The Bertz CT molecular complexity index is 911. The topological polar surface area (TPSA) is 72.1 Å². The SMILES string of the molecule is O=C(c1cccnn1)N1CCCC[C@@H]1c1ncc(Cc2ccc(Cl)cc2)o1. The fourth-order valence-electron chi connectivity index (χ4n) is 3.36. The fraction of sp³-hybridized carbons (Fsp3) is 0.300. The number of hydrogen-bond acceptors (Lipinski definition) is 5. The summed E-state index contributed by atoms with van der Waals surface area (Å²) in [4.78, 5) is 19.1. The van der Waals surface area contributed by atoms with Gasteiger partial charge in [-0.3, -0.25) is 4.79 Å². The summed E-state index contributed by atoms with van der Waals surface area (Å²) in [5, 5.41) is 8.46. The Kier molecular flexibility index (Phi) is 5.16. The van der Waals surface area contributed by atoms with Gasteiger partial charge in [-0.05, 0) is 49.1 Å². The number of rotatable bonds is 4. The molecule has 0 aliphatic carbocycles. The summed E-state index contributed by atoms with van der Waals surface area (Å²) >= 11 is 5.93. The molecule has 3 heterocycles. The van der Waals surface area contributed by atoms with E-state index in [-0.39, 0.29) is 11.9 Å². The zero-order valence-corrected chi connectivity index (χ0v) is 15.5. The summed E-state index contributed by atoms with van der Waals surface area (Å²) in [6, 6.07) is 10.9. The highest BCUT2D eigenvalue weighted by Crippen LogP contribution is 2.32. The van der Waals surface area contributed by atoms with Gasteiger partial charge in [-0.25, -0.2) is 4.98 Å². The number of hydrogen-bond donors (Lipinski definition) is 0. The molecule has 1 fully saturated rings. The van der Waals surface area contributed by atoms with Crippen molar-refractivity contribution < 1.29 is 9.21 Å². The molecule has 3 aromatic rings. The smallest absolute Gasteiger partial charge is 0.275 e. The first kappa shape index (κ1) is 17.7. The third-order valence-corrected chi connectivity index (χ3v) is 4.96. The average molecular weight is 383 g/mol. The molecular formula is C20H19ClN4O2. The summed E-state index contributed by atoms with van der Waals surface area (Å²) in [5.41, 5.74) is 1.44. The Balaban J connectivity index is 1.53. The van der Waals surface area contributed by atoms with Gasteiger partial charge in [-0.2, -0.15) is 5.10 Å². The highest BCUT2D eigenvalue weighted by Gasteiger charge is 2.32. The van der Waals surface area contributed by atoms with Crippen LogP contribution in [0.1, 0.15) is 53.0 Å². The van der Waals surface area contributed by atoms with E-state index in [1.807, 2.05) is 24.3 Å². The van der Waals surface area contributed by atoms with Crippen LogP contribution in [-0.4, -0.2) is 32.5 Å². The predicted octanol–water partition coefficient (Wildman–Crippen LogP) is 4.08. The van der Waals surface area contributed by atoms with Crippen molar-refractivity contribution >= 4 is 17.5 Å². The Morgan fingerprint density at radius 2 is 2.07 bits per heavy atom. The van der Waals surface area contributed by atoms with Gasteiger partial charge in [0.2, 0.25) is 5.89 Å². The molecule has 0 bridgehead atoms. The number of benzene rings is 1. The molecule has 1 atom stereocenters. The second-order valence-electron chi connectivity index (χ2n) is 6.59. The van der Waals surface area contributed by atoms with Crippen LogP contribution in [0.5, 0.6) is 0 Å². The van der Waals surface area contributed by atoms with E-state index in [4.69, 9.17) is 16.0 Å². The molecule has 0 spiro atoms. The molecule has 1 amide bonds. The van der Waals surface area contributed by atoms with Crippen molar-refractivity contribution in [2.45, 2.75) is 31.7 Å². The lowest BCUT2D eigenvalue weighted by atomic mass is 10.0. The van der Waals surface area contributed by atoms with E-state index >= 15 is 0 Å². The van der Waals surface area contributed by atoms with Crippen molar-refractivity contribution in [1.82, 2.24) is 20.1 Å². The lowest BCUT2D eigenvalue weighted by Gasteiger charge is -2.33. The Labute approximate surface area is 162 Å². The van der Waals surface area contributed by atoms with Crippen LogP contribution in [0.15, 0.2) is 53.2 Å². The van der Waals surface area contributed by atoms with Gasteiger partial charge in [0, 0.05) is 24.2 Å². The molecule has 0 radical (unpaired) electrons. The first-order chi connectivity index (χ1) is 13.2. The van der Waals surface area contributed by atoms with Crippen LogP contribution in [0.25, 0.3) is 0 Å². The molecule has 1 saturated heterocycles. The monoisotopic (exact) mass is 382 g/mol. The van der Waals surface area contributed by atoms with Crippen LogP contribution in [0.4, 0.5) is 0 Å². The van der Waals surface area contributed by atoms with E-state index in [2.05, 4.69) is 15.2 Å². The number of amides is 1. The number of piperidine rings is 1. The van der Waals surface area contributed by atoms with Gasteiger partial charge in [0.05, 0.1) is 6.20 Å². The second kappa shape index (κ2) is 7.88. The minimum absolute atomic E-state index is 0.134. The maximum absolute atomic E-state index is 12.9. The first-order valence-corrected chi connectivity index (χ1v) is 9.36. The maximum Gasteiger partial charge on any atom is 0.275 e. The lowest BCUT2D eigenvalue weighted by molar-refractivity contribution is 0.0562. The molecule has 138 valence electrons. The zero-order valence-electron chi connectivity index (χ0n) is 14.7. The van der Waals surface area contributed by atoms with Crippen molar-refractivity contribution in [2.75, 3.05) is 6.54 Å². The number of aromatic nitrogens is 3. The Morgan fingerprint density at radius 1 is 1.22 bits per heavy atom. The van der Waals surface area contributed by atoms with Crippen molar-refractivity contribution in [3.05, 3.63) is 76.7 Å². The molecule has 27 heavy (non-hydrogen) atoms. The van der Waals surface area contributed by atoms with Crippen LogP contribution in [0.2, 0.25) is 5.02 Å². The highest BCUT2D eigenvalue weighted by molar-refractivity contribution is 6.30. The molecule has 2 aromatic heterocycles. The van der Waals surface area contributed by atoms with E-state index in [0.717, 1.165) is 30.6 Å². The van der Waals surface area contributed by atoms with Gasteiger partial charge in [0.15, 0.2) is 5.69 Å². The van der Waals surface area contributed by atoms with E-state index in [0.29, 0.717) is 29.6 Å². The minimum atomic E-state index is -0.174. The molecular weight excluding hydrogens is 364 g/mol. The lowest BCUT2D eigenvalue weighted by Crippen LogP contribution is -2.39. The van der Waals surface area contributed by atoms with Crippen LogP contribution in [0, 0.1) is 0 Å². The number of carbonyl (C=O) groups is 1. The predicted molar refractivity (Wildman–Crippen MR) is 100 cm³/mol. The number of oxazole rings is 1. The molecule has 6 nitrogen and oxygen atoms in total. The van der Waals surface area contributed by atoms with Crippen LogP contribution >= 0.6 is 11.6 Å². The standard InChI is InChI=1S/C20H19ClN4O2/c21-15-8-6-14(7-9-15)12-16-13-22-19(27-16)18-5-1-2-11-25(18)20(26)17-4-3-10-23-24-17/h3-4,6-10,13,18H,1-2,5,11-12H2/t18-/m1/s1. The zero-order chi connectivity index (χ0) is 18.6. The van der Waals surface area contributed by atoms with E-state index in [1.54, 1.807) is 29.4 Å². The van der Waals surface area contributed by atoms with Crippen LogP contribution < -0.4 is 0 Å². The normalized spacial score (nSPS) is 17.1. The van der Waals surface area contributed by atoms with Gasteiger partial charge in [-0.1, -0.05) is 23.7 Å². The largest absolute Gasteiger partial charge is 0.443 e. The van der Waals surface area contributed by atoms with E-state index in [9.17, 15) is 4.79 Å². The minimum Gasteiger partial charge on any atom is -0.443 e.